The summed E-state index contributed by atoms with van der Waals surface area (Å²) in [4.78, 5) is 27.3. The van der Waals surface area contributed by atoms with Gasteiger partial charge < -0.3 is 10.6 Å². The SMILES string of the molecule is CCNC(=O)C1CC(NC(=O)c2cccs2)CN1Cc1ccccc1F. The molecule has 0 bridgehead atoms. The molecule has 1 fully saturated rings. The van der Waals surface area contributed by atoms with E-state index < -0.39 is 0 Å². The third-order valence-electron chi connectivity index (χ3n) is 4.47. The van der Waals surface area contributed by atoms with Crippen molar-refractivity contribution in [2.75, 3.05) is 13.1 Å². The van der Waals surface area contributed by atoms with Crippen LogP contribution in [0.15, 0.2) is 41.8 Å². The molecule has 7 heteroatoms. The van der Waals surface area contributed by atoms with Gasteiger partial charge in [-0.2, -0.15) is 0 Å². The van der Waals surface area contributed by atoms with Gasteiger partial charge in [0.1, 0.15) is 5.82 Å². The number of nitrogens with zero attached hydrogens (tertiary/aromatic N) is 1. The van der Waals surface area contributed by atoms with E-state index in [1.807, 2.05) is 23.3 Å². The fraction of sp³-hybridized carbons (Fsp3) is 0.368. The average Bonchev–Trinajstić information content (AvgIpc) is 3.27. The molecule has 2 unspecified atom stereocenters. The first-order chi connectivity index (χ1) is 12.6. The van der Waals surface area contributed by atoms with Crippen molar-refractivity contribution in [2.24, 2.45) is 0 Å². The number of rotatable bonds is 6. The summed E-state index contributed by atoms with van der Waals surface area (Å²) in [6.07, 6.45) is 0.511. The molecule has 0 radical (unpaired) electrons. The summed E-state index contributed by atoms with van der Waals surface area (Å²) in [5.74, 6) is -0.502. The van der Waals surface area contributed by atoms with Gasteiger partial charge >= 0.3 is 0 Å². The minimum Gasteiger partial charge on any atom is -0.355 e. The lowest BCUT2D eigenvalue weighted by Crippen LogP contribution is -2.42. The Labute approximate surface area is 156 Å². The van der Waals surface area contributed by atoms with Crippen molar-refractivity contribution in [3.8, 4) is 0 Å². The van der Waals surface area contributed by atoms with Crippen molar-refractivity contribution < 1.29 is 14.0 Å². The van der Waals surface area contributed by atoms with Gasteiger partial charge in [-0.05, 0) is 30.9 Å². The predicted molar refractivity (Wildman–Crippen MR) is 99.5 cm³/mol. The van der Waals surface area contributed by atoms with Gasteiger partial charge in [-0.3, -0.25) is 14.5 Å². The van der Waals surface area contributed by atoms with E-state index in [4.69, 9.17) is 0 Å². The molecule has 2 aromatic rings. The van der Waals surface area contributed by atoms with Crippen LogP contribution in [0, 0.1) is 5.82 Å². The Morgan fingerprint density at radius 3 is 2.77 bits per heavy atom. The quantitative estimate of drug-likeness (QED) is 0.815. The number of likely N-dealkylation sites (N-methyl/N-ethyl adjacent to an activating group) is 1. The number of likely N-dealkylation sites (tertiary alicyclic amines) is 1. The number of thiophene rings is 1. The van der Waals surface area contributed by atoms with Crippen LogP contribution in [0.2, 0.25) is 0 Å². The van der Waals surface area contributed by atoms with Crippen LogP contribution < -0.4 is 10.6 Å². The molecule has 0 saturated carbocycles. The van der Waals surface area contributed by atoms with E-state index in [2.05, 4.69) is 10.6 Å². The maximum absolute atomic E-state index is 14.0. The fourth-order valence-electron chi connectivity index (χ4n) is 3.26. The molecule has 1 aliphatic heterocycles. The predicted octanol–water partition coefficient (Wildman–Crippen LogP) is 2.40. The molecule has 3 rings (SSSR count). The second-order valence-electron chi connectivity index (χ2n) is 6.31. The van der Waals surface area contributed by atoms with E-state index in [-0.39, 0.29) is 29.7 Å². The first-order valence-corrected chi connectivity index (χ1v) is 9.56. The molecule has 2 N–H and O–H groups in total. The second-order valence-corrected chi connectivity index (χ2v) is 7.26. The average molecular weight is 375 g/mol. The molecule has 1 aromatic heterocycles. The highest BCUT2D eigenvalue weighted by Crippen LogP contribution is 2.23. The zero-order chi connectivity index (χ0) is 18.5. The van der Waals surface area contributed by atoms with Crippen LogP contribution in [-0.4, -0.2) is 41.9 Å². The lowest BCUT2D eigenvalue weighted by Gasteiger charge is -2.23. The summed E-state index contributed by atoms with van der Waals surface area (Å²) in [6.45, 7) is 3.24. The highest BCUT2D eigenvalue weighted by Gasteiger charge is 2.37. The third kappa shape index (κ3) is 4.28. The van der Waals surface area contributed by atoms with Crippen molar-refractivity contribution in [1.29, 1.82) is 0 Å². The van der Waals surface area contributed by atoms with E-state index in [1.54, 1.807) is 24.3 Å². The van der Waals surface area contributed by atoms with E-state index in [0.29, 0.717) is 36.5 Å². The van der Waals surface area contributed by atoms with Gasteiger partial charge in [0.15, 0.2) is 0 Å². The zero-order valence-corrected chi connectivity index (χ0v) is 15.4. The van der Waals surface area contributed by atoms with Gasteiger partial charge in [0.05, 0.1) is 10.9 Å². The first kappa shape index (κ1) is 18.5. The zero-order valence-electron chi connectivity index (χ0n) is 14.6. The Balaban J connectivity index is 1.71. The molecule has 26 heavy (non-hydrogen) atoms. The molecule has 2 atom stereocenters. The van der Waals surface area contributed by atoms with Crippen LogP contribution in [-0.2, 0) is 11.3 Å². The topological polar surface area (TPSA) is 61.4 Å². The summed E-state index contributed by atoms with van der Waals surface area (Å²) >= 11 is 1.38. The fourth-order valence-corrected chi connectivity index (χ4v) is 3.88. The number of carbonyl (C=O) groups is 2. The molecule has 5 nitrogen and oxygen atoms in total. The Bertz CT molecular complexity index is 766. The molecular formula is C19H22FN3O2S. The van der Waals surface area contributed by atoms with Gasteiger partial charge in [-0.25, -0.2) is 4.39 Å². The van der Waals surface area contributed by atoms with Gasteiger partial charge in [0.2, 0.25) is 5.91 Å². The van der Waals surface area contributed by atoms with Gasteiger partial charge in [0.25, 0.3) is 5.91 Å². The maximum atomic E-state index is 14.0. The minimum atomic E-state index is -0.386. The molecule has 2 heterocycles. The summed E-state index contributed by atoms with van der Waals surface area (Å²) in [5.41, 5.74) is 0.548. The van der Waals surface area contributed by atoms with E-state index >= 15 is 0 Å². The summed E-state index contributed by atoms with van der Waals surface area (Å²) in [6, 6.07) is 9.64. The molecule has 1 aromatic carbocycles. The molecule has 0 aliphatic carbocycles. The lowest BCUT2D eigenvalue weighted by atomic mass is 10.1. The summed E-state index contributed by atoms with van der Waals surface area (Å²) in [7, 11) is 0. The van der Waals surface area contributed by atoms with Crippen molar-refractivity contribution in [1.82, 2.24) is 15.5 Å². The van der Waals surface area contributed by atoms with Crippen LogP contribution in [0.3, 0.4) is 0 Å². The van der Waals surface area contributed by atoms with Crippen LogP contribution in [0.1, 0.15) is 28.6 Å². The Kier molecular flexibility index (Phi) is 6.00. The molecule has 138 valence electrons. The summed E-state index contributed by atoms with van der Waals surface area (Å²) in [5, 5.41) is 7.68. The first-order valence-electron chi connectivity index (χ1n) is 8.68. The Hall–Kier alpha value is -2.25. The molecule has 0 spiro atoms. The molecule has 1 aliphatic rings. The molecule has 1 saturated heterocycles. The van der Waals surface area contributed by atoms with E-state index in [9.17, 15) is 14.0 Å². The normalized spacial score (nSPS) is 20.1. The second kappa shape index (κ2) is 8.42. The van der Waals surface area contributed by atoms with E-state index in [0.717, 1.165) is 0 Å². The number of amides is 2. The van der Waals surface area contributed by atoms with Crippen LogP contribution in [0.4, 0.5) is 4.39 Å². The van der Waals surface area contributed by atoms with Crippen molar-refractivity contribution in [2.45, 2.75) is 32.0 Å². The lowest BCUT2D eigenvalue weighted by molar-refractivity contribution is -0.125. The monoisotopic (exact) mass is 375 g/mol. The Morgan fingerprint density at radius 1 is 1.27 bits per heavy atom. The number of nitrogens with one attached hydrogen (secondary N) is 2. The number of carbonyl (C=O) groups excluding carboxylic acids is 2. The van der Waals surface area contributed by atoms with Gasteiger partial charge in [-0.15, -0.1) is 11.3 Å². The maximum Gasteiger partial charge on any atom is 0.261 e. The van der Waals surface area contributed by atoms with Gasteiger partial charge in [0, 0.05) is 31.2 Å². The highest BCUT2D eigenvalue weighted by atomic mass is 32.1. The largest absolute Gasteiger partial charge is 0.355 e. The molecule has 2 amide bonds. The smallest absolute Gasteiger partial charge is 0.261 e. The van der Waals surface area contributed by atoms with E-state index in [1.165, 1.54) is 17.4 Å². The van der Waals surface area contributed by atoms with Crippen LogP contribution >= 0.6 is 11.3 Å². The van der Waals surface area contributed by atoms with Gasteiger partial charge in [-0.1, -0.05) is 24.3 Å². The van der Waals surface area contributed by atoms with Crippen molar-refractivity contribution in [3.63, 3.8) is 0 Å². The standard InChI is InChI=1S/C19H22FN3O2S/c1-2-21-18(24)16-10-14(22-19(25)17-8-5-9-26-17)12-23(16)11-13-6-3-4-7-15(13)20/h3-9,14,16H,2,10-12H2,1H3,(H,21,24)(H,22,25). The number of halogens is 1. The Morgan fingerprint density at radius 2 is 2.08 bits per heavy atom. The highest BCUT2D eigenvalue weighted by molar-refractivity contribution is 7.12. The number of benzene rings is 1. The van der Waals surface area contributed by atoms with Crippen LogP contribution in [0.25, 0.3) is 0 Å². The molecular weight excluding hydrogens is 353 g/mol. The number of hydrogen-bond donors (Lipinski definition) is 2. The third-order valence-corrected chi connectivity index (χ3v) is 5.34. The van der Waals surface area contributed by atoms with Crippen molar-refractivity contribution >= 4 is 23.2 Å². The van der Waals surface area contributed by atoms with Crippen molar-refractivity contribution in [3.05, 3.63) is 58.0 Å². The summed E-state index contributed by atoms with van der Waals surface area (Å²) < 4.78 is 14.0. The minimum absolute atomic E-state index is 0.0864. The number of hydrogen-bond acceptors (Lipinski definition) is 4. The van der Waals surface area contributed by atoms with Crippen LogP contribution in [0.5, 0.6) is 0 Å².